The fourth-order valence-corrected chi connectivity index (χ4v) is 3.72. The van der Waals surface area contributed by atoms with Crippen molar-refractivity contribution in [2.45, 2.75) is 45.9 Å². The molecule has 1 aromatic heterocycles. The van der Waals surface area contributed by atoms with E-state index in [2.05, 4.69) is 36.3 Å². The van der Waals surface area contributed by atoms with Gasteiger partial charge in [-0.25, -0.2) is 4.79 Å². The molecule has 0 amide bonds. The third-order valence-electron chi connectivity index (χ3n) is 6.15. The van der Waals surface area contributed by atoms with E-state index in [4.69, 9.17) is 9.47 Å². The predicted molar refractivity (Wildman–Crippen MR) is 143 cm³/mol. The van der Waals surface area contributed by atoms with E-state index in [0.29, 0.717) is 30.4 Å². The Morgan fingerprint density at radius 2 is 1.58 bits per heavy atom. The molecule has 0 saturated carbocycles. The van der Waals surface area contributed by atoms with Gasteiger partial charge in [0.15, 0.2) is 0 Å². The van der Waals surface area contributed by atoms with Gasteiger partial charge in [-0.15, -0.1) is 0 Å². The summed E-state index contributed by atoms with van der Waals surface area (Å²) in [6.45, 7) is 5.51. The Balaban J connectivity index is 1.47. The van der Waals surface area contributed by atoms with Crippen LogP contribution in [0, 0.1) is 0 Å². The van der Waals surface area contributed by atoms with Crippen LogP contribution in [0.2, 0.25) is 0 Å². The summed E-state index contributed by atoms with van der Waals surface area (Å²) >= 11 is 0. The van der Waals surface area contributed by atoms with Gasteiger partial charge in [0.25, 0.3) is 0 Å². The lowest BCUT2D eigenvalue weighted by Crippen LogP contribution is -2.09. The van der Waals surface area contributed by atoms with Crippen molar-refractivity contribution in [2.75, 3.05) is 5.32 Å². The van der Waals surface area contributed by atoms with Crippen LogP contribution in [0.4, 0.5) is 5.69 Å². The van der Waals surface area contributed by atoms with Gasteiger partial charge >= 0.3 is 5.97 Å². The van der Waals surface area contributed by atoms with Gasteiger partial charge in [-0.3, -0.25) is 4.98 Å². The molecule has 0 aliphatic carbocycles. The van der Waals surface area contributed by atoms with Crippen molar-refractivity contribution in [3.05, 3.63) is 125 Å². The summed E-state index contributed by atoms with van der Waals surface area (Å²) in [5.74, 6) is 0.552. The van der Waals surface area contributed by atoms with E-state index in [1.165, 1.54) is 5.56 Å². The number of nitrogens with zero attached hydrogens (tertiary/aromatic N) is 1. The highest BCUT2D eigenvalue weighted by molar-refractivity contribution is 5.93. The maximum atomic E-state index is 12.9. The van der Waals surface area contributed by atoms with Crippen molar-refractivity contribution in [1.29, 1.82) is 0 Å². The summed E-state index contributed by atoms with van der Waals surface area (Å²) < 4.78 is 11.7. The second-order valence-corrected chi connectivity index (χ2v) is 8.79. The van der Waals surface area contributed by atoms with Gasteiger partial charge < -0.3 is 14.8 Å². The number of nitrogens with one attached hydrogen (secondary N) is 1. The van der Waals surface area contributed by atoms with Gasteiger partial charge in [-0.1, -0.05) is 80.6 Å². The number of aromatic nitrogens is 1. The Hall–Kier alpha value is -4.12. The molecular formula is C31H32N2O3. The second kappa shape index (κ2) is 12.5. The van der Waals surface area contributed by atoms with E-state index in [9.17, 15) is 4.79 Å². The van der Waals surface area contributed by atoms with Gasteiger partial charge in [0.2, 0.25) is 0 Å². The average molecular weight is 481 g/mol. The van der Waals surface area contributed by atoms with Crippen LogP contribution in [0.1, 0.15) is 58.9 Å². The number of carbonyl (C=O) groups excluding carboxylic acids is 1. The Labute approximate surface area is 213 Å². The Kier molecular flexibility index (Phi) is 8.71. The molecule has 1 atom stereocenters. The molecule has 3 aromatic carbocycles. The summed E-state index contributed by atoms with van der Waals surface area (Å²) in [4.78, 5) is 17.5. The van der Waals surface area contributed by atoms with Crippen LogP contribution in [0.25, 0.3) is 0 Å². The van der Waals surface area contributed by atoms with Crippen molar-refractivity contribution in [3.63, 3.8) is 0 Å². The third kappa shape index (κ3) is 6.95. The molecule has 0 saturated heterocycles. The smallest absolute Gasteiger partial charge is 0.342 e. The van der Waals surface area contributed by atoms with Crippen LogP contribution in [0.5, 0.6) is 5.75 Å². The van der Waals surface area contributed by atoms with E-state index in [-0.39, 0.29) is 6.61 Å². The zero-order valence-corrected chi connectivity index (χ0v) is 20.8. The minimum Gasteiger partial charge on any atom is -0.488 e. The van der Waals surface area contributed by atoms with Crippen LogP contribution in [-0.4, -0.2) is 11.0 Å². The number of anilines is 1. The fourth-order valence-electron chi connectivity index (χ4n) is 3.72. The average Bonchev–Trinajstić information content (AvgIpc) is 2.94. The number of ether oxygens (including phenoxy) is 2. The number of hydrogen-bond donors (Lipinski definition) is 1. The molecule has 0 aliphatic rings. The Bertz CT molecular complexity index is 1240. The summed E-state index contributed by atoms with van der Waals surface area (Å²) in [6, 6.07) is 29.1. The van der Waals surface area contributed by atoms with Crippen LogP contribution in [0.3, 0.4) is 0 Å². The number of rotatable bonds is 11. The minimum absolute atomic E-state index is 0.204. The Morgan fingerprint density at radius 3 is 2.22 bits per heavy atom. The third-order valence-corrected chi connectivity index (χ3v) is 6.15. The molecule has 4 rings (SSSR count). The van der Waals surface area contributed by atoms with Crippen LogP contribution >= 0.6 is 0 Å². The lowest BCUT2D eigenvalue weighted by Gasteiger charge is -2.14. The van der Waals surface area contributed by atoms with Gasteiger partial charge in [-0.05, 0) is 47.2 Å². The van der Waals surface area contributed by atoms with E-state index >= 15 is 0 Å². The van der Waals surface area contributed by atoms with Crippen LogP contribution in [-0.2, 0) is 24.5 Å². The van der Waals surface area contributed by atoms with E-state index < -0.39 is 5.97 Å². The SMILES string of the molecule is CCC(C)c1ccc(CNc2ccc(C(=O)OCc3ccccc3)c(OCc3ccccc3)c2)nc1. The van der Waals surface area contributed by atoms with Crippen molar-refractivity contribution < 1.29 is 14.3 Å². The molecule has 4 aromatic rings. The number of benzene rings is 3. The number of esters is 1. The highest BCUT2D eigenvalue weighted by Crippen LogP contribution is 2.26. The second-order valence-electron chi connectivity index (χ2n) is 8.79. The normalized spacial score (nSPS) is 11.5. The minimum atomic E-state index is -0.421. The molecule has 1 heterocycles. The lowest BCUT2D eigenvalue weighted by molar-refractivity contribution is 0.0467. The fraction of sp³-hybridized carbons (Fsp3) is 0.226. The monoisotopic (exact) mass is 480 g/mol. The zero-order valence-electron chi connectivity index (χ0n) is 20.8. The molecule has 0 aliphatic heterocycles. The van der Waals surface area contributed by atoms with E-state index in [0.717, 1.165) is 28.9 Å². The first-order chi connectivity index (χ1) is 17.6. The molecule has 184 valence electrons. The Morgan fingerprint density at radius 1 is 0.889 bits per heavy atom. The number of carbonyl (C=O) groups is 1. The lowest BCUT2D eigenvalue weighted by atomic mass is 10.0. The van der Waals surface area contributed by atoms with Crippen molar-refractivity contribution in [3.8, 4) is 5.75 Å². The van der Waals surface area contributed by atoms with Gasteiger partial charge in [0.05, 0.1) is 12.2 Å². The summed E-state index contributed by atoms with van der Waals surface area (Å²) in [7, 11) is 0. The van der Waals surface area contributed by atoms with Gasteiger partial charge in [0.1, 0.15) is 24.5 Å². The van der Waals surface area contributed by atoms with Crippen molar-refractivity contribution in [1.82, 2.24) is 4.98 Å². The first-order valence-electron chi connectivity index (χ1n) is 12.3. The summed E-state index contributed by atoms with van der Waals surface area (Å²) in [5, 5.41) is 3.39. The molecule has 1 N–H and O–H groups in total. The molecule has 0 bridgehead atoms. The molecule has 0 fully saturated rings. The summed E-state index contributed by atoms with van der Waals surface area (Å²) in [6.07, 6.45) is 3.04. The molecule has 5 nitrogen and oxygen atoms in total. The molecular weight excluding hydrogens is 448 g/mol. The summed E-state index contributed by atoms with van der Waals surface area (Å²) in [5.41, 5.74) is 5.37. The van der Waals surface area contributed by atoms with E-state index in [1.807, 2.05) is 79.0 Å². The highest BCUT2D eigenvalue weighted by atomic mass is 16.5. The first-order valence-corrected chi connectivity index (χ1v) is 12.3. The topological polar surface area (TPSA) is 60.5 Å². The maximum absolute atomic E-state index is 12.9. The van der Waals surface area contributed by atoms with Crippen molar-refractivity contribution >= 4 is 11.7 Å². The molecule has 0 radical (unpaired) electrons. The van der Waals surface area contributed by atoms with Crippen LogP contribution in [0.15, 0.2) is 97.2 Å². The number of pyridine rings is 1. The largest absolute Gasteiger partial charge is 0.488 e. The molecule has 1 unspecified atom stereocenters. The molecule has 0 spiro atoms. The van der Waals surface area contributed by atoms with Crippen molar-refractivity contribution in [2.24, 2.45) is 0 Å². The van der Waals surface area contributed by atoms with Crippen LogP contribution < -0.4 is 10.1 Å². The molecule has 5 heteroatoms. The number of hydrogen-bond acceptors (Lipinski definition) is 5. The predicted octanol–water partition coefficient (Wildman–Crippen LogP) is 7.14. The zero-order chi connectivity index (χ0) is 25.2. The highest BCUT2D eigenvalue weighted by Gasteiger charge is 2.16. The first kappa shape index (κ1) is 25.0. The standard InChI is InChI=1S/C31H32N2O3/c1-3-23(2)26-14-15-28(32-19-26)20-33-27-16-17-29(31(34)36-22-25-12-8-5-9-13-25)30(18-27)35-21-24-10-6-4-7-11-24/h4-19,23,33H,3,20-22H2,1-2H3. The maximum Gasteiger partial charge on any atom is 0.342 e. The quantitative estimate of drug-likeness (QED) is 0.231. The molecule has 36 heavy (non-hydrogen) atoms. The van der Waals surface area contributed by atoms with Gasteiger partial charge in [-0.2, -0.15) is 0 Å². The van der Waals surface area contributed by atoms with E-state index in [1.54, 1.807) is 6.07 Å². The van der Waals surface area contributed by atoms with Gasteiger partial charge in [0, 0.05) is 18.0 Å².